The van der Waals surface area contributed by atoms with Crippen LogP contribution < -0.4 is 4.74 Å². The van der Waals surface area contributed by atoms with Crippen molar-refractivity contribution < 1.29 is 9.53 Å². The number of pyridine rings is 1. The summed E-state index contributed by atoms with van der Waals surface area (Å²) < 4.78 is 6.86. The molecule has 0 aromatic carbocycles. The molecule has 0 saturated heterocycles. The van der Waals surface area contributed by atoms with Gasteiger partial charge >= 0.3 is 0 Å². The molecule has 5 nitrogen and oxygen atoms in total. The van der Waals surface area contributed by atoms with Gasteiger partial charge in [0, 0.05) is 25.1 Å². The van der Waals surface area contributed by atoms with Crippen molar-refractivity contribution in [2.75, 3.05) is 7.11 Å². The van der Waals surface area contributed by atoms with Gasteiger partial charge in [0.15, 0.2) is 5.82 Å². The molecule has 0 amide bonds. The highest BCUT2D eigenvalue weighted by molar-refractivity contribution is 6.08. The number of aromatic nitrogens is 3. The maximum Gasteiger partial charge on any atom is 0.233 e. The van der Waals surface area contributed by atoms with Gasteiger partial charge in [-0.25, -0.2) is 9.97 Å². The Bertz CT molecular complexity index is 534. The van der Waals surface area contributed by atoms with Gasteiger partial charge < -0.3 is 9.30 Å². The lowest BCUT2D eigenvalue weighted by Crippen LogP contribution is -2.12. The number of ether oxygens (including phenoxy) is 1. The van der Waals surface area contributed by atoms with Crippen molar-refractivity contribution in [2.24, 2.45) is 0 Å². The Morgan fingerprint density at radius 3 is 2.94 bits per heavy atom. The monoisotopic (exact) mass is 231 g/mol. The predicted molar refractivity (Wildman–Crippen MR) is 62.1 cm³/mol. The number of carbonyl (C=O) groups is 1. The number of hydrogen-bond acceptors (Lipinski definition) is 4. The first-order valence-corrected chi connectivity index (χ1v) is 5.32. The molecule has 5 heteroatoms. The molecule has 88 valence electrons. The van der Waals surface area contributed by atoms with E-state index in [2.05, 4.69) is 9.97 Å². The second-order valence-corrected chi connectivity index (χ2v) is 3.43. The summed E-state index contributed by atoms with van der Waals surface area (Å²) in [6, 6.07) is 3.39. The summed E-state index contributed by atoms with van der Waals surface area (Å²) >= 11 is 0. The van der Waals surface area contributed by atoms with Gasteiger partial charge in [0.25, 0.3) is 0 Å². The standard InChI is InChI=1S/C12H13N3O2/c1-3-15-8-7-13-11(15)10(16)9-5-4-6-14-12(9)17-2/h4-8H,3H2,1-2H3. The van der Waals surface area contributed by atoms with Gasteiger partial charge in [-0.3, -0.25) is 4.79 Å². The SMILES string of the molecule is CCn1ccnc1C(=O)c1cccnc1OC. The molecule has 2 aromatic rings. The van der Waals surface area contributed by atoms with E-state index in [0.29, 0.717) is 23.8 Å². The average molecular weight is 231 g/mol. The third kappa shape index (κ3) is 2.04. The smallest absolute Gasteiger partial charge is 0.233 e. The first kappa shape index (κ1) is 11.3. The molecule has 0 aliphatic rings. The maximum absolute atomic E-state index is 12.3. The molecule has 0 radical (unpaired) electrons. The van der Waals surface area contributed by atoms with Crippen LogP contribution in [0.2, 0.25) is 0 Å². The molecule has 0 atom stereocenters. The Morgan fingerprint density at radius 2 is 2.24 bits per heavy atom. The van der Waals surface area contributed by atoms with Crippen LogP contribution >= 0.6 is 0 Å². The Balaban J connectivity index is 2.44. The number of imidazole rings is 1. The third-order valence-corrected chi connectivity index (χ3v) is 2.47. The van der Waals surface area contributed by atoms with Crippen LogP contribution in [0.1, 0.15) is 23.1 Å². The fourth-order valence-electron chi connectivity index (χ4n) is 1.62. The summed E-state index contributed by atoms with van der Waals surface area (Å²) in [5.41, 5.74) is 0.427. The van der Waals surface area contributed by atoms with E-state index in [-0.39, 0.29) is 5.78 Å². The highest BCUT2D eigenvalue weighted by Crippen LogP contribution is 2.17. The van der Waals surface area contributed by atoms with E-state index in [1.54, 1.807) is 35.3 Å². The summed E-state index contributed by atoms with van der Waals surface area (Å²) in [4.78, 5) is 20.3. The Hall–Kier alpha value is -2.17. The van der Waals surface area contributed by atoms with Crippen LogP contribution in [-0.4, -0.2) is 27.4 Å². The topological polar surface area (TPSA) is 57.0 Å². The van der Waals surface area contributed by atoms with E-state index in [9.17, 15) is 4.79 Å². The normalized spacial score (nSPS) is 10.2. The molecule has 0 unspecified atom stereocenters. The van der Waals surface area contributed by atoms with Crippen molar-refractivity contribution in [3.63, 3.8) is 0 Å². The van der Waals surface area contributed by atoms with Crippen molar-refractivity contribution in [3.8, 4) is 5.88 Å². The number of nitrogens with zero attached hydrogens (tertiary/aromatic N) is 3. The zero-order chi connectivity index (χ0) is 12.3. The summed E-state index contributed by atoms with van der Waals surface area (Å²) in [6.45, 7) is 2.66. The Kier molecular flexibility index (Phi) is 3.18. The summed E-state index contributed by atoms with van der Waals surface area (Å²) in [7, 11) is 1.49. The minimum atomic E-state index is -0.179. The van der Waals surface area contributed by atoms with E-state index in [4.69, 9.17) is 4.74 Å². The van der Waals surface area contributed by atoms with Gasteiger partial charge in [-0.2, -0.15) is 0 Å². The van der Waals surface area contributed by atoms with Gasteiger partial charge in [-0.05, 0) is 19.1 Å². The van der Waals surface area contributed by atoms with Crippen molar-refractivity contribution in [1.82, 2.24) is 14.5 Å². The van der Waals surface area contributed by atoms with Crippen LogP contribution in [0.3, 0.4) is 0 Å². The van der Waals surface area contributed by atoms with Gasteiger partial charge in [0.2, 0.25) is 11.7 Å². The fourth-order valence-corrected chi connectivity index (χ4v) is 1.62. The van der Waals surface area contributed by atoms with Crippen molar-refractivity contribution in [3.05, 3.63) is 42.1 Å². The van der Waals surface area contributed by atoms with Crippen molar-refractivity contribution in [2.45, 2.75) is 13.5 Å². The summed E-state index contributed by atoms with van der Waals surface area (Å²) in [6.07, 6.45) is 4.97. The van der Waals surface area contributed by atoms with E-state index >= 15 is 0 Å². The van der Waals surface area contributed by atoms with Crippen LogP contribution in [0.5, 0.6) is 5.88 Å². The third-order valence-electron chi connectivity index (χ3n) is 2.47. The highest BCUT2D eigenvalue weighted by Gasteiger charge is 2.18. The highest BCUT2D eigenvalue weighted by atomic mass is 16.5. The van der Waals surface area contributed by atoms with E-state index < -0.39 is 0 Å². The summed E-state index contributed by atoms with van der Waals surface area (Å²) in [5.74, 6) is 0.545. The fraction of sp³-hybridized carbons (Fsp3) is 0.250. The first-order valence-electron chi connectivity index (χ1n) is 5.32. The lowest BCUT2D eigenvalue weighted by Gasteiger charge is -2.06. The van der Waals surface area contributed by atoms with Gasteiger partial charge in [0.1, 0.15) is 0 Å². The van der Waals surface area contributed by atoms with Gasteiger partial charge in [0.05, 0.1) is 12.7 Å². The number of ketones is 1. The second kappa shape index (κ2) is 4.78. The molecule has 0 bridgehead atoms. The Labute approximate surface area is 99.1 Å². The number of rotatable bonds is 4. The molecule has 0 aliphatic carbocycles. The number of carbonyl (C=O) groups excluding carboxylic acids is 1. The van der Waals surface area contributed by atoms with Crippen LogP contribution in [0.4, 0.5) is 0 Å². The molecule has 17 heavy (non-hydrogen) atoms. The molecule has 0 N–H and O–H groups in total. The zero-order valence-corrected chi connectivity index (χ0v) is 9.75. The minimum absolute atomic E-state index is 0.179. The molecule has 0 fully saturated rings. The molecule has 0 aliphatic heterocycles. The lowest BCUT2D eigenvalue weighted by atomic mass is 10.1. The van der Waals surface area contributed by atoms with E-state index in [0.717, 1.165) is 0 Å². The maximum atomic E-state index is 12.3. The molecule has 2 heterocycles. The molecule has 0 saturated carbocycles. The molecule has 2 aromatic heterocycles. The minimum Gasteiger partial charge on any atom is -0.480 e. The predicted octanol–water partition coefficient (Wildman–Crippen LogP) is 1.54. The van der Waals surface area contributed by atoms with E-state index in [1.807, 2.05) is 6.92 Å². The molecular weight excluding hydrogens is 218 g/mol. The molecular formula is C12H13N3O2. The number of aryl methyl sites for hydroxylation is 1. The van der Waals surface area contributed by atoms with Crippen LogP contribution in [-0.2, 0) is 6.54 Å². The number of hydrogen-bond donors (Lipinski definition) is 0. The molecule has 0 spiro atoms. The quantitative estimate of drug-likeness (QED) is 0.749. The van der Waals surface area contributed by atoms with Crippen molar-refractivity contribution >= 4 is 5.78 Å². The zero-order valence-electron chi connectivity index (χ0n) is 9.75. The van der Waals surface area contributed by atoms with Crippen molar-refractivity contribution in [1.29, 1.82) is 0 Å². The van der Waals surface area contributed by atoms with E-state index in [1.165, 1.54) is 7.11 Å². The second-order valence-electron chi connectivity index (χ2n) is 3.43. The lowest BCUT2D eigenvalue weighted by molar-refractivity contribution is 0.102. The van der Waals surface area contributed by atoms with Crippen LogP contribution in [0, 0.1) is 0 Å². The Morgan fingerprint density at radius 1 is 1.41 bits per heavy atom. The van der Waals surface area contributed by atoms with Crippen LogP contribution in [0.15, 0.2) is 30.7 Å². The first-order chi connectivity index (χ1) is 8.27. The number of methoxy groups -OCH3 is 1. The van der Waals surface area contributed by atoms with Crippen LogP contribution in [0.25, 0.3) is 0 Å². The summed E-state index contributed by atoms with van der Waals surface area (Å²) in [5, 5.41) is 0. The largest absolute Gasteiger partial charge is 0.480 e. The molecule has 2 rings (SSSR count). The van der Waals surface area contributed by atoms with Gasteiger partial charge in [-0.1, -0.05) is 0 Å². The van der Waals surface area contributed by atoms with Gasteiger partial charge in [-0.15, -0.1) is 0 Å². The average Bonchev–Trinajstić information content (AvgIpc) is 2.86.